The van der Waals surface area contributed by atoms with Crippen LogP contribution in [-0.4, -0.2) is 18.4 Å². The molecule has 0 aliphatic heterocycles. The molecule has 0 saturated carbocycles. The highest BCUT2D eigenvalue weighted by molar-refractivity contribution is 7.10. The average molecular weight is 421 g/mol. The van der Waals surface area contributed by atoms with Crippen LogP contribution in [0.4, 0.5) is 0 Å². The largest absolute Gasteiger partial charge is 0.352 e. The topological polar surface area (TPSA) is 58.2 Å². The van der Waals surface area contributed by atoms with Crippen LogP contribution in [0.25, 0.3) is 0 Å². The summed E-state index contributed by atoms with van der Waals surface area (Å²) in [5.74, 6) is -0.262. The quantitative estimate of drug-likeness (QED) is 0.561. The van der Waals surface area contributed by atoms with Gasteiger partial charge in [0.1, 0.15) is 0 Å². The molecule has 3 rings (SSSR count). The van der Waals surface area contributed by atoms with Gasteiger partial charge in [0.15, 0.2) is 0 Å². The van der Waals surface area contributed by atoms with E-state index in [2.05, 4.69) is 31.4 Å². The molecule has 2 N–H and O–H groups in total. The maximum atomic E-state index is 12.5. The van der Waals surface area contributed by atoms with Crippen molar-refractivity contribution >= 4 is 23.2 Å². The molecule has 1 atom stereocenters. The fourth-order valence-electron chi connectivity index (χ4n) is 3.17. The van der Waals surface area contributed by atoms with Gasteiger partial charge in [-0.2, -0.15) is 0 Å². The number of hydrogen-bond donors (Lipinski definition) is 2. The van der Waals surface area contributed by atoms with Crippen LogP contribution in [0.5, 0.6) is 0 Å². The van der Waals surface area contributed by atoms with Crippen molar-refractivity contribution in [3.05, 3.63) is 93.7 Å². The molecular weight excluding hydrogens is 392 g/mol. The lowest BCUT2D eigenvalue weighted by molar-refractivity contribution is -0.121. The number of carbonyl (C=O) groups is 2. The summed E-state index contributed by atoms with van der Waals surface area (Å²) in [6, 6.07) is 21.3. The van der Waals surface area contributed by atoms with Crippen molar-refractivity contribution in [3.63, 3.8) is 0 Å². The highest BCUT2D eigenvalue weighted by Gasteiger charge is 2.18. The second-order valence-electron chi connectivity index (χ2n) is 8.26. The number of nitrogens with one attached hydrogen (secondary N) is 2. The van der Waals surface area contributed by atoms with Crippen LogP contribution in [-0.2, 0) is 10.2 Å². The molecule has 4 nitrogen and oxygen atoms in total. The standard InChI is InChI=1S/C25H28N2O2S/c1-25(2,3)20-13-11-19(12-14-20)24(29)26-16-15-22(28)27-23(21-10-7-17-30-21)18-8-5-4-6-9-18/h4-14,17,23H,15-16H2,1-3H3,(H,26,29)(H,27,28). The van der Waals surface area contributed by atoms with Crippen LogP contribution in [0.2, 0.25) is 0 Å². The van der Waals surface area contributed by atoms with E-state index in [1.807, 2.05) is 72.1 Å². The Balaban J connectivity index is 1.54. The molecule has 3 aromatic rings. The van der Waals surface area contributed by atoms with Gasteiger partial charge in [0.05, 0.1) is 6.04 Å². The molecule has 1 heterocycles. The van der Waals surface area contributed by atoms with Gasteiger partial charge < -0.3 is 10.6 Å². The van der Waals surface area contributed by atoms with Crippen molar-refractivity contribution in [2.24, 2.45) is 0 Å². The SMILES string of the molecule is CC(C)(C)c1ccc(C(=O)NCCC(=O)NC(c2ccccc2)c2cccs2)cc1. The smallest absolute Gasteiger partial charge is 0.251 e. The molecule has 5 heteroatoms. The summed E-state index contributed by atoms with van der Waals surface area (Å²) in [6.07, 6.45) is 0.223. The summed E-state index contributed by atoms with van der Waals surface area (Å²) in [6.45, 7) is 6.70. The monoisotopic (exact) mass is 420 g/mol. The maximum Gasteiger partial charge on any atom is 0.251 e. The van der Waals surface area contributed by atoms with Crippen molar-refractivity contribution in [1.82, 2.24) is 10.6 Å². The maximum absolute atomic E-state index is 12.5. The van der Waals surface area contributed by atoms with E-state index in [-0.39, 0.29) is 36.2 Å². The van der Waals surface area contributed by atoms with Crippen molar-refractivity contribution in [3.8, 4) is 0 Å². The van der Waals surface area contributed by atoms with Gasteiger partial charge in [-0.25, -0.2) is 0 Å². The van der Waals surface area contributed by atoms with Crippen molar-refractivity contribution in [2.75, 3.05) is 6.54 Å². The second kappa shape index (κ2) is 9.72. The van der Waals surface area contributed by atoms with Gasteiger partial charge in [0.2, 0.25) is 5.91 Å². The molecule has 0 spiro atoms. The molecule has 1 unspecified atom stereocenters. The molecule has 0 aliphatic rings. The molecule has 0 bridgehead atoms. The second-order valence-corrected chi connectivity index (χ2v) is 9.24. The van der Waals surface area contributed by atoms with Crippen LogP contribution < -0.4 is 10.6 Å². The summed E-state index contributed by atoms with van der Waals surface area (Å²) in [7, 11) is 0. The Bertz CT molecular complexity index is 959. The third kappa shape index (κ3) is 5.80. The molecule has 0 saturated heterocycles. The summed E-state index contributed by atoms with van der Waals surface area (Å²) >= 11 is 1.61. The first kappa shape index (κ1) is 21.8. The summed E-state index contributed by atoms with van der Waals surface area (Å²) in [5, 5.41) is 7.93. The first-order chi connectivity index (χ1) is 14.3. The van der Waals surface area contributed by atoms with Crippen molar-refractivity contribution in [2.45, 2.75) is 38.6 Å². The lowest BCUT2D eigenvalue weighted by atomic mass is 9.87. The summed E-state index contributed by atoms with van der Waals surface area (Å²) in [5.41, 5.74) is 2.87. The van der Waals surface area contributed by atoms with Crippen LogP contribution in [0.1, 0.15) is 59.6 Å². The molecular formula is C25H28N2O2S. The number of benzene rings is 2. The van der Waals surface area contributed by atoms with Crippen LogP contribution in [0.3, 0.4) is 0 Å². The van der Waals surface area contributed by atoms with Crippen molar-refractivity contribution < 1.29 is 9.59 Å². The Morgan fingerprint density at radius 1 is 0.933 bits per heavy atom. The highest BCUT2D eigenvalue weighted by Crippen LogP contribution is 2.26. The van der Waals surface area contributed by atoms with Gasteiger partial charge >= 0.3 is 0 Å². The predicted molar refractivity (Wildman–Crippen MR) is 123 cm³/mol. The molecule has 0 fully saturated rings. The zero-order valence-electron chi connectivity index (χ0n) is 17.6. The Morgan fingerprint density at radius 2 is 1.63 bits per heavy atom. The number of thiophene rings is 1. The van der Waals surface area contributed by atoms with E-state index in [0.717, 1.165) is 10.4 Å². The van der Waals surface area contributed by atoms with E-state index in [1.165, 1.54) is 5.56 Å². The van der Waals surface area contributed by atoms with Gasteiger partial charge in [-0.15, -0.1) is 11.3 Å². The van der Waals surface area contributed by atoms with Gasteiger partial charge in [-0.05, 0) is 40.1 Å². The third-order valence-corrected chi connectivity index (χ3v) is 5.85. The molecule has 0 radical (unpaired) electrons. The van der Waals surface area contributed by atoms with Gasteiger partial charge in [0, 0.05) is 23.4 Å². The number of amides is 2. The zero-order valence-corrected chi connectivity index (χ0v) is 18.5. The predicted octanol–water partition coefficient (Wildman–Crippen LogP) is 5.07. The summed E-state index contributed by atoms with van der Waals surface area (Å²) in [4.78, 5) is 26.0. The molecule has 0 aliphatic carbocycles. The molecule has 30 heavy (non-hydrogen) atoms. The first-order valence-corrected chi connectivity index (χ1v) is 11.0. The lowest BCUT2D eigenvalue weighted by Gasteiger charge is -2.19. The molecule has 1 aromatic heterocycles. The zero-order chi connectivity index (χ0) is 21.6. The van der Waals surface area contributed by atoms with Gasteiger partial charge in [-0.1, -0.05) is 69.3 Å². The van der Waals surface area contributed by atoms with E-state index in [4.69, 9.17) is 0 Å². The third-order valence-electron chi connectivity index (χ3n) is 4.92. The molecule has 2 aromatic carbocycles. The van der Waals surface area contributed by atoms with Crippen LogP contribution in [0, 0.1) is 0 Å². The van der Waals surface area contributed by atoms with E-state index in [9.17, 15) is 9.59 Å². The average Bonchev–Trinajstić information content (AvgIpc) is 3.26. The lowest BCUT2D eigenvalue weighted by Crippen LogP contribution is -2.33. The number of rotatable bonds is 7. The number of hydrogen-bond acceptors (Lipinski definition) is 3. The minimum absolute atomic E-state index is 0.0466. The Kier molecular flexibility index (Phi) is 7.06. The first-order valence-electron chi connectivity index (χ1n) is 10.1. The van der Waals surface area contributed by atoms with Crippen LogP contribution >= 0.6 is 11.3 Å². The van der Waals surface area contributed by atoms with Gasteiger partial charge in [0.25, 0.3) is 5.91 Å². The fourth-order valence-corrected chi connectivity index (χ4v) is 3.97. The Morgan fingerprint density at radius 3 is 2.23 bits per heavy atom. The Hall–Kier alpha value is -2.92. The summed E-state index contributed by atoms with van der Waals surface area (Å²) < 4.78 is 0. The highest BCUT2D eigenvalue weighted by atomic mass is 32.1. The fraction of sp³-hybridized carbons (Fsp3) is 0.280. The van der Waals surface area contributed by atoms with E-state index >= 15 is 0 Å². The minimum Gasteiger partial charge on any atom is -0.352 e. The van der Waals surface area contributed by atoms with Gasteiger partial charge in [-0.3, -0.25) is 9.59 Å². The normalized spacial score (nSPS) is 12.2. The van der Waals surface area contributed by atoms with Crippen LogP contribution in [0.15, 0.2) is 72.1 Å². The van der Waals surface area contributed by atoms with Crippen molar-refractivity contribution in [1.29, 1.82) is 0 Å². The van der Waals surface area contributed by atoms with E-state index in [0.29, 0.717) is 5.56 Å². The number of carbonyl (C=O) groups excluding carboxylic acids is 2. The van der Waals surface area contributed by atoms with E-state index in [1.54, 1.807) is 11.3 Å². The molecule has 156 valence electrons. The minimum atomic E-state index is -0.181. The molecule has 2 amide bonds. The Labute approximate surface area is 182 Å². The van der Waals surface area contributed by atoms with E-state index < -0.39 is 0 Å².